The highest BCUT2D eigenvalue weighted by Crippen LogP contribution is 2.34. The molecule has 0 bridgehead atoms. The van der Waals surface area contributed by atoms with E-state index in [0.29, 0.717) is 23.9 Å². The van der Waals surface area contributed by atoms with E-state index in [1.807, 2.05) is 0 Å². The van der Waals surface area contributed by atoms with Crippen LogP contribution in [0.2, 0.25) is 10.0 Å². The Bertz CT molecular complexity index is 902. The third-order valence-corrected chi connectivity index (χ3v) is 5.64. The summed E-state index contributed by atoms with van der Waals surface area (Å²) in [6, 6.07) is 7.87. The molecule has 0 unspecified atom stereocenters. The van der Waals surface area contributed by atoms with Crippen molar-refractivity contribution in [3.63, 3.8) is 0 Å². The Morgan fingerprint density at radius 1 is 1.12 bits per heavy atom. The zero-order chi connectivity index (χ0) is 18.0. The number of fused-ring (bicyclic) bond motifs is 1. The van der Waals surface area contributed by atoms with Crippen LogP contribution in [-0.4, -0.2) is 21.8 Å². The van der Waals surface area contributed by atoms with E-state index in [4.69, 9.17) is 37.4 Å². The summed E-state index contributed by atoms with van der Waals surface area (Å²) < 4.78 is 43.4. The molecule has 0 aliphatic carbocycles. The van der Waals surface area contributed by atoms with E-state index in [9.17, 15) is 8.42 Å². The van der Waals surface area contributed by atoms with Gasteiger partial charge in [-0.3, -0.25) is 0 Å². The molecule has 1 heterocycles. The molecule has 0 amide bonds. The molecule has 0 saturated carbocycles. The molecular formula is C16H15Cl2NO5S. The van der Waals surface area contributed by atoms with Gasteiger partial charge in [0.15, 0.2) is 11.5 Å². The average Bonchev–Trinajstić information content (AvgIpc) is 3.04. The fourth-order valence-corrected chi connectivity index (χ4v) is 4.13. The van der Waals surface area contributed by atoms with Gasteiger partial charge >= 0.3 is 0 Å². The Kier molecular flexibility index (Phi) is 5.29. The van der Waals surface area contributed by atoms with Gasteiger partial charge in [-0.2, -0.15) is 0 Å². The molecule has 1 aliphatic heterocycles. The fourth-order valence-electron chi connectivity index (χ4n) is 2.29. The SMILES string of the molecule is CCOc1cc(Cl)c(S(=O)(=O)NCc2ccc3c(c2)OCO3)cc1Cl. The Morgan fingerprint density at radius 2 is 1.88 bits per heavy atom. The molecule has 2 aromatic carbocycles. The summed E-state index contributed by atoms with van der Waals surface area (Å²) in [5, 5.41) is 0.209. The zero-order valence-corrected chi connectivity index (χ0v) is 15.5. The molecule has 6 nitrogen and oxygen atoms in total. The monoisotopic (exact) mass is 403 g/mol. The summed E-state index contributed by atoms with van der Waals surface area (Å²) in [6.45, 7) is 2.41. The van der Waals surface area contributed by atoms with Gasteiger partial charge in [-0.05, 0) is 30.7 Å². The predicted molar refractivity (Wildman–Crippen MR) is 94.2 cm³/mol. The third kappa shape index (κ3) is 3.95. The molecule has 0 fully saturated rings. The van der Waals surface area contributed by atoms with Crippen molar-refractivity contribution in [2.45, 2.75) is 18.4 Å². The molecule has 0 aromatic heterocycles. The first-order valence-corrected chi connectivity index (χ1v) is 9.64. The molecule has 0 spiro atoms. The topological polar surface area (TPSA) is 73.9 Å². The number of halogens is 2. The van der Waals surface area contributed by atoms with Gasteiger partial charge in [-0.25, -0.2) is 13.1 Å². The van der Waals surface area contributed by atoms with Crippen LogP contribution in [0.25, 0.3) is 0 Å². The van der Waals surface area contributed by atoms with E-state index in [1.165, 1.54) is 12.1 Å². The number of hydrogen-bond donors (Lipinski definition) is 1. The largest absolute Gasteiger partial charge is 0.492 e. The summed E-state index contributed by atoms with van der Waals surface area (Å²) >= 11 is 12.1. The standard InChI is InChI=1S/C16H15Cl2NO5S/c1-2-22-14-6-12(18)16(7-11(14)17)25(20,21)19-8-10-3-4-13-15(5-10)24-9-23-13/h3-7,19H,2,8-9H2,1H3. The lowest BCUT2D eigenvalue weighted by molar-refractivity contribution is 0.174. The van der Waals surface area contributed by atoms with E-state index >= 15 is 0 Å². The van der Waals surface area contributed by atoms with Crippen LogP contribution in [-0.2, 0) is 16.6 Å². The van der Waals surface area contributed by atoms with Crippen LogP contribution in [0.1, 0.15) is 12.5 Å². The predicted octanol–water partition coefficient (Wildman–Crippen LogP) is 3.60. The number of rotatable bonds is 6. The maximum Gasteiger partial charge on any atom is 0.242 e. The van der Waals surface area contributed by atoms with Crippen molar-refractivity contribution in [3.05, 3.63) is 45.9 Å². The number of hydrogen-bond acceptors (Lipinski definition) is 5. The fraction of sp³-hybridized carbons (Fsp3) is 0.250. The Balaban J connectivity index is 1.79. The van der Waals surface area contributed by atoms with Crippen LogP contribution in [0.15, 0.2) is 35.2 Å². The quantitative estimate of drug-likeness (QED) is 0.797. The molecule has 9 heteroatoms. The van der Waals surface area contributed by atoms with Gasteiger partial charge in [-0.1, -0.05) is 29.3 Å². The molecule has 1 aliphatic rings. The Morgan fingerprint density at radius 3 is 2.64 bits per heavy atom. The summed E-state index contributed by atoms with van der Waals surface area (Å²) in [6.07, 6.45) is 0. The van der Waals surface area contributed by atoms with Crippen molar-refractivity contribution in [1.29, 1.82) is 0 Å². The molecule has 3 rings (SSSR count). The van der Waals surface area contributed by atoms with Gasteiger partial charge in [0, 0.05) is 12.6 Å². The number of benzene rings is 2. The number of sulfonamides is 1. The van der Waals surface area contributed by atoms with Crippen molar-refractivity contribution in [3.8, 4) is 17.2 Å². The molecule has 0 saturated heterocycles. The molecule has 1 N–H and O–H groups in total. The molecule has 2 aromatic rings. The molecule has 0 radical (unpaired) electrons. The van der Waals surface area contributed by atoms with E-state index in [0.717, 1.165) is 5.56 Å². The summed E-state index contributed by atoms with van der Waals surface area (Å²) in [7, 11) is -3.85. The van der Waals surface area contributed by atoms with Gasteiger partial charge in [0.05, 0.1) is 16.7 Å². The van der Waals surface area contributed by atoms with E-state index in [1.54, 1.807) is 25.1 Å². The van der Waals surface area contributed by atoms with Crippen molar-refractivity contribution < 1.29 is 22.6 Å². The maximum absolute atomic E-state index is 12.5. The lowest BCUT2D eigenvalue weighted by Crippen LogP contribution is -2.23. The number of nitrogens with one attached hydrogen (secondary N) is 1. The molecular weight excluding hydrogens is 389 g/mol. The van der Waals surface area contributed by atoms with Gasteiger partial charge in [0.2, 0.25) is 16.8 Å². The third-order valence-electron chi connectivity index (χ3n) is 3.48. The van der Waals surface area contributed by atoms with Crippen LogP contribution >= 0.6 is 23.2 Å². The first-order chi connectivity index (χ1) is 11.9. The van der Waals surface area contributed by atoms with Gasteiger partial charge < -0.3 is 14.2 Å². The first kappa shape index (κ1) is 18.1. The van der Waals surface area contributed by atoms with E-state index in [2.05, 4.69) is 4.72 Å². The van der Waals surface area contributed by atoms with Crippen LogP contribution in [0.3, 0.4) is 0 Å². The Labute approximate surface area is 155 Å². The maximum atomic E-state index is 12.5. The summed E-state index contributed by atoms with van der Waals surface area (Å²) in [4.78, 5) is -0.108. The number of ether oxygens (including phenoxy) is 3. The highest BCUT2D eigenvalue weighted by molar-refractivity contribution is 7.89. The zero-order valence-electron chi connectivity index (χ0n) is 13.2. The minimum absolute atomic E-state index is 0.0334. The minimum atomic E-state index is -3.85. The van der Waals surface area contributed by atoms with Crippen LogP contribution in [0, 0.1) is 0 Å². The average molecular weight is 404 g/mol. The lowest BCUT2D eigenvalue weighted by atomic mass is 10.2. The second-order valence-corrected chi connectivity index (χ2v) is 7.71. The second kappa shape index (κ2) is 7.29. The van der Waals surface area contributed by atoms with Crippen molar-refractivity contribution >= 4 is 33.2 Å². The highest BCUT2D eigenvalue weighted by Gasteiger charge is 2.21. The van der Waals surface area contributed by atoms with Crippen molar-refractivity contribution in [1.82, 2.24) is 4.72 Å². The smallest absolute Gasteiger partial charge is 0.242 e. The van der Waals surface area contributed by atoms with Gasteiger partial charge in [0.25, 0.3) is 0 Å². The lowest BCUT2D eigenvalue weighted by Gasteiger charge is -2.12. The minimum Gasteiger partial charge on any atom is -0.492 e. The van der Waals surface area contributed by atoms with Gasteiger partial charge in [-0.15, -0.1) is 0 Å². The molecule has 25 heavy (non-hydrogen) atoms. The van der Waals surface area contributed by atoms with E-state index < -0.39 is 10.0 Å². The highest BCUT2D eigenvalue weighted by atomic mass is 35.5. The second-order valence-electron chi connectivity index (χ2n) is 5.16. The van der Waals surface area contributed by atoms with Crippen LogP contribution in [0.5, 0.6) is 17.2 Å². The first-order valence-electron chi connectivity index (χ1n) is 7.40. The van der Waals surface area contributed by atoms with Crippen molar-refractivity contribution in [2.24, 2.45) is 0 Å². The van der Waals surface area contributed by atoms with Crippen LogP contribution < -0.4 is 18.9 Å². The summed E-state index contributed by atoms with van der Waals surface area (Å²) in [5.41, 5.74) is 0.723. The molecule has 0 atom stereocenters. The summed E-state index contributed by atoms with van der Waals surface area (Å²) in [5.74, 6) is 1.55. The normalized spacial score (nSPS) is 13.1. The van der Waals surface area contributed by atoms with Gasteiger partial charge in [0.1, 0.15) is 10.6 Å². The van der Waals surface area contributed by atoms with Crippen LogP contribution in [0.4, 0.5) is 0 Å². The Hall–Kier alpha value is -1.67. The van der Waals surface area contributed by atoms with Crippen molar-refractivity contribution in [2.75, 3.05) is 13.4 Å². The molecule has 134 valence electrons. The van der Waals surface area contributed by atoms with E-state index in [-0.39, 0.29) is 28.3 Å².